The molecule has 0 saturated heterocycles. The minimum atomic E-state index is -0.0330. The van der Waals surface area contributed by atoms with Crippen LogP contribution in [0.25, 0.3) is 11.4 Å². The molecule has 0 spiro atoms. The summed E-state index contributed by atoms with van der Waals surface area (Å²) in [5.41, 5.74) is 1.77. The molecule has 7 nitrogen and oxygen atoms in total. The van der Waals surface area contributed by atoms with Crippen molar-refractivity contribution in [1.82, 2.24) is 20.0 Å². The van der Waals surface area contributed by atoms with Crippen molar-refractivity contribution in [3.63, 3.8) is 0 Å². The molecule has 0 N–H and O–H groups in total. The zero-order valence-electron chi connectivity index (χ0n) is 16.4. The van der Waals surface area contributed by atoms with Gasteiger partial charge in [0.05, 0.1) is 29.6 Å². The molecule has 1 atom stereocenters. The average molecular weight is 419 g/mol. The van der Waals surface area contributed by atoms with E-state index in [9.17, 15) is 4.79 Å². The Bertz CT molecular complexity index is 970. The number of aryl methyl sites for hydroxylation is 2. The molecule has 1 unspecified atom stereocenters. The minimum absolute atomic E-state index is 0.0101. The van der Waals surface area contributed by atoms with Crippen LogP contribution in [0.4, 0.5) is 0 Å². The number of aromatic nitrogens is 3. The molecule has 3 rings (SSSR count). The molecule has 148 valence electrons. The summed E-state index contributed by atoms with van der Waals surface area (Å²) in [4.78, 5) is 24.2. The van der Waals surface area contributed by atoms with E-state index in [-0.39, 0.29) is 17.7 Å². The molecular formula is C19H22N4O3S2. The lowest BCUT2D eigenvalue weighted by Gasteiger charge is -2.24. The lowest BCUT2D eigenvalue weighted by Crippen LogP contribution is -2.31. The third kappa shape index (κ3) is 4.53. The first-order valence-electron chi connectivity index (χ1n) is 8.69. The van der Waals surface area contributed by atoms with Crippen molar-refractivity contribution >= 4 is 29.0 Å². The molecular weight excluding hydrogens is 396 g/mol. The molecule has 9 heteroatoms. The zero-order chi connectivity index (χ0) is 20.3. The van der Waals surface area contributed by atoms with E-state index in [1.807, 2.05) is 45.0 Å². The minimum Gasteiger partial charge on any atom is -0.497 e. The lowest BCUT2D eigenvalue weighted by atomic mass is 10.2. The Morgan fingerprint density at radius 2 is 2.14 bits per heavy atom. The molecule has 0 fully saturated rings. The maximum absolute atomic E-state index is 12.6. The maximum Gasteiger partial charge on any atom is 0.286 e. The van der Waals surface area contributed by atoms with Crippen LogP contribution in [0.5, 0.6) is 5.75 Å². The van der Waals surface area contributed by atoms with E-state index in [4.69, 9.17) is 9.26 Å². The largest absolute Gasteiger partial charge is 0.497 e. The second kappa shape index (κ2) is 8.74. The van der Waals surface area contributed by atoms with Gasteiger partial charge in [-0.2, -0.15) is 4.98 Å². The van der Waals surface area contributed by atoms with E-state index in [1.54, 1.807) is 30.4 Å². The van der Waals surface area contributed by atoms with Crippen LogP contribution in [0.3, 0.4) is 0 Å². The van der Waals surface area contributed by atoms with E-state index in [1.165, 1.54) is 11.8 Å². The zero-order valence-corrected chi connectivity index (χ0v) is 18.1. The van der Waals surface area contributed by atoms with Gasteiger partial charge in [0.15, 0.2) is 0 Å². The van der Waals surface area contributed by atoms with Crippen LogP contribution in [-0.4, -0.2) is 45.8 Å². The highest BCUT2D eigenvalue weighted by molar-refractivity contribution is 7.99. The van der Waals surface area contributed by atoms with E-state index in [0.29, 0.717) is 11.0 Å². The number of thioether (sulfide) groups is 1. The number of benzene rings is 1. The van der Waals surface area contributed by atoms with Crippen molar-refractivity contribution in [3.8, 4) is 17.1 Å². The van der Waals surface area contributed by atoms with E-state index in [0.717, 1.165) is 26.9 Å². The molecule has 0 bridgehead atoms. The molecule has 2 aromatic heterocycles. The predicted molar refractivity (Wildman–Crippen MR) is 110 cm³/mol. The Labute approximate surface area is 172 Å². The summed E-state index contributed by atoms with van der Waals surface area (Å²) in [6.45, 7) is 5.96. The van der Waals surface area contributed by atoms with Crippen LogP contribution in [0.15, 0.2) is 34.0 Å². The number of nitrogens with zero attached hydrogens (tertiary/aromatic N) is 4. The number of amides is 1. The van der Waals surface area contributed by atoms with Crippen LogP contribution < -0.4 is 4.74 Å². The molecule has 2 heterocycles. The fourth-order valence-electron chi connectivity index (χ4n) is 2.70. The van der Waals surface area contributed by atoms with Gasteiger partial charge in [0, 0.05) is 17.5 Å². The van der Waals surface area contributed by atoms with E-state index < -0.39 is 0 Å². The summed E-state index contributed by atoms with van der Waals surface area (Å²) in [5.74, 6) is 1.39. The number of methoxy groups -OCH3 is 1. The van der Waals surface area contributed by atoms with E-state index >= 15 is 0 Å². The van der Waals surface area contributed by atoms with Crippen molar-refractivity contribution in [2.24, 2.45) is 0 Å². The standard InChI is InChI=1S/C19H22N4O3S2/c1-11-17(28-13(3)20-11)12(2)23(4)16(24)10-27-19-21-18(22-26-19)14-7-6-8-15(9-14)25-5/h6-9,12H,10H2,1-5H3. The maximum atomic E-state index is 12.6. The predicted octanol–water partition coefficient (Wildman–Crippen LogP) is 4.13. The molecule has 0 aliphatic carbocycles. The average Bonchev–Trinajstić information content (AvgIpc) is 3.31. The summed E-state index contributed by atoms with van der Waals surface area (Å²) in [6.07, 6.45) is 0. The third-order valence-corrected chi connectivity index (χ3v) is 6.39. The molecule has 1 amide bonds. The first-order valence-corrected chi connectivity index (χ1v) is 10.5. The highest BCUT2D eigenvalue weighted by Crippen LogP contribution is 2.29. The fraction of sp³-hybridized carbons (Fsp3) is 0.368. The topological polar surface area (TPSA) is 81.4 Å². The number of rotatable bonds is 7. The molecule has 28 heavy (non-hydrogen) atoms. The van der Waals surface area contributed by atoms with Gasteiger partial charge in [-0.25, -0.2) is 4.98 Å². The van der Waals surface area contributed by atoms with Gasteiger partial charge in [0.25, 0.3) is 5.22 Å². The molecule has 3 aromatic rings. The smallest absolute Gasteiger partial charge is 0.286 e. The Balaban J connectivity index is 1.61. The van der Waals surface area contributed by atoms with Gasteiger partial charge in [0.1, 0.15) is 5.75 Å². The number of hydrogen-bond donors (Lipinski definition) is 0. The third-order valence-electron chi connectivity index (χ3n) is 4.35. The lowest BCUT2D eigenvalue weighted by molar-refractivity contribution is -0.128. The normalized spacial score (nSPS) is 12.0. The van der Waals surface area contributed by atoms with Gasteiger partial charge in [0.2, 0.25) is 11.7 Å². The monoisotopic (exact) mass is 418 g/mol. The SMILES string of the molecule is COc1cccc(-c2noc(SCC(=O)N(C)C(C)c3sc(C)nc3C)n2)c1. The van der Waals surface area contributed by atoms with Crippen molar-refractivity contribution < 1.29 is 14.1 Å². The second-order valence-electron chi connectivity index (χ2n) is 6.27. The summed E-state index contributed by atoms with van der Waals surface area (Å²) in [7, 11) is 3.41. The highest BCUT2D eigenvalue weighted by Gasteiger charge is 2.22. The molecule has 0 saturated carbocycles. The number of ether oxygens (including phenoxy) is 1. The van der Waals surface area contributed by atoms with Gasteiger partial charge in [-0.15, -0.1) is 11.3 Å². The number of hydrogen-bond acceptors (Lipinski definition) is 8. The Hall–Kier alpha value is -2.39. The first kappa shape index (κ1) is 20.3. The van der Waals surface area contributed by atoms with Crippen LogP contribution in [-0.2, 0) is 4.79 Å². The van der Waals surface area contributed by atoms with Crippen LogP contribution in [0, 0.1) is 13.8 Å². The van der Waals surface area contributed by atoms with Gasteiger partial charge >= 0.3 is 0 Å². The summed E-state index contributed by atoms with van der Waals surface area (Å²) in [6, 6.07) is 7.39. The van der Waals surface area contributed by atoms with Crippen molar-refractivity contribution in [1.29, 1.82) is 0 Å². The first-order chi connectivity index (χ1) is 13.4. The number of carbonyl (C=O) groups is 1. The van der Waals surface area contributed by atoms with Crippen molar-refractivity contribution in [3.05, 3.63) is 39.8 Å². The quantitative estimate of drug-likeness (QED) is 0.534. The highest BCUT2D eigenvalue weighted by atomic mass is 32.2. The molecule has 0 aliphatic rings. The molecule has 0 radical (unpaired) electrons. The van der Waals surface area contributed by atoms with Gasteiger partial charge in [-0.1, -0.05) is 29.1 Å². The van der Waals surface area contributed by atoms with Crippen LogP contribution >= 0.6 is 23.1 Å². The van der Waals surface area contributed by atoms with Gasteiger partial charge in [-0.05, 0) is 32.9 Å². The van der Waals surface area contributed by atoms with Crippen LogP contribution in [0.1, 0.15) is 28.5 Å². The Morgan fingerprint density at radius 3 is 2.82 bits per heavy atom. The van der Waals surface area contributed by atoms with Crippen LogP contribution in [0.2, 0.25) is 0 Å². The Kier molecular flexibility index (Phi) is 6.35. The van der Waals surface area contributed by atoms with E-state index in [2.05, 4.69) is 15.1 Å². The number of carbonyl (C=O) groups excluding carboxylic acids is 1. The summed E-state index contributed by atoms with van der Waals surface area (Å²) in [5, 5.41) is 5.35. The van der Waals surface area contributed by atoms with Crippen molar-refractivity contribution in [2.45, 2.75) is 32.0 Å². The van der Waals surface area contributed by atoms with Gasteiger partial charge in [-0.3, -0.25) is 4.79 Å². The van der Waals surface area contributed by atoms with Gasteiger partial charge < -0.3 is 14.2 Å². The fourth-order valence-corrected chi connectivity index (χ4v) is 4.41. The Morgan fingerprint density at radius 1 is 1.36 bits per heavy atom. The van der Waals surface area contributed by atoms with Crippen molar-refractivity contribution in [2.75, 3.05) is 19.9 Å². The summed E-state index contributed by atoms with van der Waals surface area (Å²) < 4.78 is 10.5. The molecule has 0 aliphatic heterocycles. The summed E-state index contributed by atoms with van der Waals surface area (Å²) >= 11 is 2.85. The number of thiazole rings is 1. The molecule has 1 aromatic carbocycles. The second-order valence-corrected chi connectivity index (χ2v) is 8.43.